The number of aliphatic hydroxyl groups excluding tert-OH is 5. The van der Waals surface area contributed by atoms with Crippen LogP contribution in [0, 0.1) is 0 Å². The number of rotatable bonds is 36. The van der Waals surface area contributed by atoms with Crippen molar-refractivity contribution in [3.63, 3.8) is 0 Å². The molecule has 0 radical (unpaired) electrons. The molecule has 1 aliphatic rings. The van der Waals surface area contributed by atoms with Gasteiger partial charge in [-0.3, -0.25) is 23.4 Å². The highest BCUT2D eigenvalue weighted by molar-refractivity contribution is 7.47. The number of phosphoric ester groups is 1. The average molecular weight is 921 g/mol. The Labute approximate surface area is 381 Å². The highest BCUT2D eigenvalue weighted by atomic mass is 31.2. The molecule has 6 N–H and O–H groups in total. The van der Waals surface area contributed by atoms with E-state index in [0.29, 0.717) is 32.1 Å². The Bertz CT molecular complexity index is 1550. The number of carbonyl (C=O) groups is 3. The van der Waals surface area contributed by atoms with Crippen LogP contribution in [0.25, 0.3) is 0 Å². The first-order chi connectivity index (χ1) is 30.8. The SMILES string of the molecule is CC/C=C\C/C=C\C/C=C\C/C=C\CCCCCCC(=O)O[C@H](COC(=O)CCC/C=C\C/C=C\C/C=C\C=C\C(=O)CCCCC)COP(=O)(O)OC1[C@H](O)[C@H](O)C(O)[C@H](O)[C@H]1O. The van der Waals surface area contributed by atoms with Gasteiger partial charge in [-0.1, -0.05) is 131 Å². The van der Waals surface area contributed by atoms with Gasteiger partial charge in [0.05, 0.1) is 6.61 Å². The standard InChI is InChI=1S/C49H77O14P/c1-3-5-7-8-9-10-11-12-13-14-15-16-19-23-26-29-33-37-43(52)62-41(39-61-64(58,59)63-49-47(56)45(54)44(53)46(55)48(49)57)38-60-42(51)36-32-28-25-22-20-17-18-21-24-27-31-35-40(50)34-30-6-4-2/h5,7,9-10,12-13,15-18,22,24-25,27,31,35,41,44-49,53-57H,3-4,6,8,11,14,19-21,23,26,28-30,32-34,36-39H2,1-2H3,(H,58,59)/b7-5-,10-9-,13-12-,16-15-,18-17-,25-22-,27-24-,35-31+/t41-,44?,45-,46+,47-,48-,49?/m1/s1. The molecular formula is C49H77O14P. The van der Waals surface area contributed by atoms with Crippen molar-refractivity contribution < 1.29 is 67.9 Å². The van der Waals surface area contributed by atoms with Crippen LogP contribution in [0.5, 0.6) is 0 Å². The fourth-order valence-electron chi connectivity index (χ4n) is 6.17. The minimum atomic E-state index is -5.16. The van der Waals surface area contributed by atoms with Gasteiger partial charge in [-0.2, -0.15) is 0 Å². The number of allylic oxidation sites excluding steroid dienone is 16. The molecule has 1 rings (SSSR count). The van der Waals surface area contributed by atoms with E-state index < -0.39 is 75.7 Å². The van der Waals surface area contributed by atoms with Gasteiger partial charge in [0, 0.05) is 19.3 Å². The Balaban J connectivity index is 2.55. The molecule has 0 aliphatic heterocycles. The molecule has 362 valence electrons. The monoisotopic (exact) mass is 921 g/mol. The van der Waals surface area contributed by atoms with Crippen LogP contribution in [0.3, 0.4) is 0 Å². The zero-order chi connectivity index (χ0) is 47.3. The first-order valence-corrected chi connectivity index (χ1v) is 24.5. The van der Waals surface area contributed by atoms with E-state index in [2.05, 4.69) is 62.5 Å². The van der Waals surface area contributed by atoms with Crippen LogP contribution in [0.2, 0.25) is 0 Å². The van der Waals surface area contributed by atoms with Gasteiger partial charge in [-0.05, 0) is 83.1 Å². The Kier molecular flexibility index (Phi) is 34.4. The van der Waals surface area contributed by atoms with E-state index in [1.165, 1.54) is 0 Å². The van der Waals surface area contributed by atoms with Gasteiger partial charge in [0.15, 0.2) is 11.9 Å². The molecule has 0 bridgehead atoms. The molecule has 14 nitrogen and oxygen atoms in total. The van der Waals surface area contributed by atoms with E-state index in [9.17, 15) is 49.4 Å². The second kappa shape index (κ2) is 37.6. The Hall–Kier alpha value is -3.56. The number of carbonyl (C=O) groups excluding carboxylic acids is 3. The smallest absolute Gasteiger partial charge is 0.462 e. The molecule has 0 amide bonds. The van der Waals surface area contributed by atoms with Gasteiger partial charge < -0.3 is 39.9 Å². The average Bonchev–Trinajstić information content (AvgIpc) is 3.27. The maximum atomic E-state index is 12.8. The van der Waals surface area contributed by atoms with Crippen molar-refractivity contribution in [1.29, 1.82) is 0 Å². The van der Waals surface area contributed by atoms with Gasteiger partial charge in [-0.25, -0.2) is 4.57 Å². The van der Waals surface area contributed by atoms with Crippen molar-refractivity contribution in [2.45, 2.75) is 179 Å². The van der Waals surface area contributed by atoms with Crippen LogP contribution in [0.15, 0.2) is 97.2 Å². The third-order valence-corrected chi connectivity index (χ3v) is 10.9. The van der Waals surface area contributed by atoms with E-state index in [1.807, 2.05) is 36.5 Å². The molecule has 8 atom stereocenters. The Morgan fingerprint density at radius 1 is 0.547 bits per heavy atom. The van der Waals surface area contributed by atoms with Crippen LogP contribution < -0.4 is 0 Å². The van der Waals surface area contributed by atoms with E-state index >= 15 is 0 Å². The molecule has 1 fully saturated rings. The lowest BCUT2D eigenvalue weighted by atomic mass is 9.85. The van der Waals surface area contributed by atoms with Crippen LogP contribution in [-0.4, -0.2) is 104 Å². The maximum absolute atomic E-state index is 12.8. The van der Waals surface area contributed by atoms with Crippen molar-refractivity contribution in [3.05, 3.63) is 97.2 Å². The molecule has 15 heteroatoms. The van der Waals surface area contributed by atoms with Crippen LogP contribution in [0.1, 0.15) is 136 Å². The summed E-state index contributed by atoms with van der Waals surface area (Å²) >= 11 is 0. The lowest BCUT2D eigenvalue weighted by molar-refractivity contribution is -0.220. The minimum Gasteiger partial charge on any atom is -0.462 e. The van der Waals surface area contributed by atoms with Crippen molar-refractivity contribution in [2.24, 2.45) is 0 Å². The molecule has 1 aliphatic carbocycles. The van der Waals surface area contributed by atoms with Crippen molar-refractivity contribution >= 4 is 25.5 Å². The second-order valence-corrected chi connectivity index (χ2v) is 17.0. The van der Waals surface area contributed by atoms with Gasteiger partial charge in [0.2, 0.25) is 0 Å². The number of ketones is 1. The summed E-state index contributed by atoms with van der Waals surface area (Å²) in [5.41, 5.74) is 0. The zero-order valence-electron chi connectivity index (χ0n) is 38.0. The minimum absolute atomic E-state index is 0.0389. The summed E-state index contributed by atoms with van der Waals surface area (Å²) < 4.78 is 33.4. The fraction of sp³-hybridized carbons (Fsp3) is 0.612. The summed E-state index contributed by atoms with van der Waals surface area (Å²) in [7, 11) is -5.16. The summed E-state index contributed by atoms with van der Waals surface area (Å²) in [5, 5.41) is 50.1. The van der Waals surface area contributed by atoms with E-state index in [0.717, 1.165) is 77.0 Å². The number of unbranched alkanes of at least 4 members (excludes halogenated alkanes) is 7. The lowest BCUT2D eigenvalue weighted by Gasteiger charge is -2.41. The number of esters is 2. The predicted molar refractivity (Wildman–Crippen MR) is 249 cm³/mol. The summed E-state index contributed by atoms with van der Waals surface area (Å²) in [4.78, 5) is 47.4. The molecule has 0 aromatic carbocycles. The molecule has 0 aromatic rings. The highest BCUT2D eigenvalue weighted by Crippen LogP contribution is 2.47. The van der Waals surface area contributed by atoms with Crippen molar-refractivity contribution in [2.75, 3.05) is 13.2 Å². The number of hydrogen-bond donors (Lipinski definition) is 6. The van der Waals surface area contributed by atoms with Crippen LogP contribution in [0.4, 0.5) is 0 Å². The highest BCUT2D eigenvalue weighted by Gasteiger charge is 2.51. The molecule has 0 aromatic heterocycles. The third kappa shape index (κ3) is 29.8. The molecule has 0 heterocycles. The normalized spacial score (nSPS) is 22.4. The van der Waals surface area contributed by atoms with Crippen molar-refractivity contribution in [1.82, 2.24) is 0 Å². The maximum Gasteiger partial charge on any atom is 0.472 e. The summed E-state index contributed by atoms with van der Waals surface area (Å²) in [5.74, 6) is -1.10. The van der Waals surface area contributed by atoms with Crippen LogP contribution in [-0.2, 0) is 37.5 Å². The second-order valence-electron chi connectivity index (χ2n) is 15.6. The third-order valence-electron chi connectivity index (χ3n) is 9.89. The summed E-state index contributed by atoms with van der Waals surface area (Å²) in [6.45, 7) is 2.94. The van der Waals surface area contributed by atoms with Crippen LogP contribution >= 0.6 is 7.82 Å². The molecule has 0 saturated heterocycles. The van der Waals surface area contributed by atoms with E-state index in [1.54, 1.807) is 12.2 Å². The lowest BCUT2D eigenvalue weighted by Crippen LogP contribution is -2.64. The number of phosphoric acid groups is 1. The molecule has 1 saturated carbocycles. The molecule has 3 unspecified atom stereocenters. The molecule has 64 heavy (non-hydrogen) atoms. The van der Waals surface area contributed by atoms with Crippen molar-refractivity contribution in [3.8, 4) is 0 Å². The van der Waals surface area contributed by atoms with Gasteiger partial charge in [0.25, 0.3) is 0 Å². The number of aliphatic hydroxyl groups is 5. The number of hydrogen-bond acceptors (Lipinski definition) is 13. The summed E-state index contributed by atoms with van der Waals surface area (Å²) in [6, 6.07) is 0. The summed E-state index contributed by atoms with van der Waals surface area (Å²) in [6.07, 6.45) is 33.0. The Morgan fingerprint density at radius 2 is 1.05 bits per heavy atom. The topological polar surface area (TPSA) is 227 Å². The first-order valence-electron chi connectivity index (χ1n) is 23.0. The van der Waals surface area contributed by atoms with E-state index in [4.69, 9.17) is 18.5 Å². The number of ether oxygens (including phenoxy) is 2. The largest absolute Gasteiger partial charge is 0.472 e. The van der Waals surface area contributed by atoms with E-state index in [-0.39, 0.29) is 18.6 Å². The van der Waals surface area contributed by atoms with Gasteiger partial charge >= 0.3 is 19.8 Å². The molecule has 0 spiro atoms. The predicted octanol–water partition coefficient (Wildman–Crippen LogP) is 8.23. The van der Waals surface area contributed by atoms with Gasteiger partial charge in [0.1, 0.15) is 43.2 Å². The molecular weight excluding hydrogens is 843 g/mol. The zero-order valence-corrected chi connectivity index (χ0v) is 38.9. The Morgan fingerprint density at radius 3 is 1.64 bits per heavy atom. The van der Waals surface area contributed by atoms with Gasteiger partial charge in [-0.15, -0.1) is 0 Å². The fourth-order valence-corrected chi connectivity index (χ4v) is 7.14. The first kappa shape index (κ1) is 58.5. The quantitative estimate of drug-likeness (QED) is 0.00870.